The molecular formula is C16H22O2. The molecule has 0 amide bonds. The molecule has 0 spiro atoms. The Morgan fingerprint density at radius 3 is 2.72 bits per heavy atom. The van der Waals surface area contributed by atoms with Crippen LogP contribution in [0.1, 0.15) is 38.7 Å². The number of hydrogen-bond acceptors (Lipinski definition) is 2. The summed E-state index contributed by atoms with van der Waals surface area (Å²) in [5.74, 6) is 0.931. The van der Waals surface area contributed by atoms with E-state index in [0.29, 0.717) is 23.7 Å². The van der Waals surface area contributed by atoms with Gasteiger partial charge in [0.05, 0.1) is 0 Å². The third-order valence-corrected chi connectivity index (χ3v) is 2.75. The Bertz CT molecular complexity index is 419. The van der Waals surface area contributed by atoms with Crippen LogP contribution in [0.15, 0.2) is 36.4 Å². The SMILES string of the molecule is C=C(CCCC(C)C)C(=O)Oc1cccc(C)c1. The highest BCUT2D eigenvalue weighted by Gasteiger charge is 2.10. The molecule has 0 unspecified atom stereocenters. The van der Waals surface area contributed by atoms with E-state index in [0.717, 1.165) is 18.4 Å². The fourth-order valence-corrected chi connectivity index (χ4v) is 1.68. The van der Waals surface area contributed by atoms with E-state index in [4.69, 9.17) is 4.74 Å². The number of esters is 1. The third kappa shape index (κ3) is 5.17. The lowest BCUT2D eigenvalue weighted by Gasteiger charge is -2.08. The Morgan fingerprint density at radius 1 is 1.39 bits per heavy atom. The summed E-state index contributed by atoms with van der Waals surface area (Å²) in [4.78, 5) is 11.8. The molecular weight excluding hydrogens is 224 g/mol. The molecule has 18 heavy (non-hydrogen) atoms. The zero-order valence-electron chi connectivity index (χ0n) is 11.5. The maximum Gasteiger partial charge on any atom is 0.338 e. The molecule has 0 fully saturated rings. The lowest BCUT2D eigenvalue weighted by molar-refractivity contribution is -0.130. The largest absolute Gasteiger partial charge is 0.423 e. The van der Waals surface area contributed by atoms with Crippen LogP contribution in [-0.2, 0) is 4.79 Å². The Hall–Kier alpha value is -1.57. The first-order valence-corrected chi connectivity index (χ1v) is 6.45. The van der Waals surface area contributed by atoms with Crippen LogP contribution in [0.25, 0.3) is 0 Å². The van der Waals surface area contributed by atoms with Crippen LogP contribution in [0.5, 0.6) is 5.75 Å². The highest BCUT2D eigenvalue weighted by Crippen LogP contribution is 2.16. The van der Waals surface area contributed by atoms with E-state index < -0.39 is 0 Å². The molecule has 0 aliphatic heterocycles. The van der Waals surface area contributed by atoms with Gasteiger partial charge < -0.3 is 4.74 Å². The van der Waals surface area contributed by atoms with E-state index in [-0.39, 0.29) is 5.97 Å². The van der Waals surface area contributed by atoms with Crippen molar-refractivity contribution in [3.63, 3.8) is 0 Å². The smallest absolute Gasteiger partial charge is 0.338 e. The minimum Gasteiger partial charge on any atom is -0.423 e. The van der Waals surface area contributed by atoms with Crippen molar-refractivity contribution in [1.82, 2.24) is 0 Å². The third-order valence-electron chi connectivity index (χ3n) is 2.75. The molecule has 0 atom stereocenters. The summed E-state index contributed by atoms with van der Waals surface area (Å²) in [6, 6.07) is 7.47. The predicted molar refractivity (Wildman–Crippen MR) is 74.6 cm³/mol. The van der Waals surface area contributed by atoms with Gasteiger partial charge in [0.25, 0.3) is 0 Å². The first-order valence-electron chi connectivity index (χ1n) is 6.45. The van der Waals surface area contributed by atoms with E-state index in [1.165, 1.54) is 0 Å². The zero-order chi connectivity index (χ0) is 13.5. The van der Waals surface area contributed by atoms with E-state index in [1.807, 2.05) is 25.1 Å². The summed E-state index contributed by atoms with van der Waals surface area (Å²) in [5.41, 5.74) is 1.63. The van der Waals surface area contributed by atoms with Gasteiger partial charge in [-0.2, -0.15) is 0 Å². The summed E-state index contributed by atoms with van der Waals surface area (Å²) < 4.78 is 5.28. The van der Waals surface area contributed by atoms with Gasteiger partial charge in [0.15, 0.2) is 0 Å². The van der Waals surface area contributed by atoms with Crippen molar-refractivity contribution in [3.05, 3.63) is 42.0 Å². The molecule has 0 radical (unpaired) electrons. The monoisotopic (exact) mass is 246 g/mol. The molecule has 1 rings (SSSR count). The van der Waals surface area contributed by atoms with Crippen LogP contribution in [-0.4, -0.2) is 5.97 Å². The maximum absolute atomic E-state index is 11.8. The highest BCUT2D eigenvalue weighted by molar-refractivity contribution is 5.89. The molecule has 0 heterocycles. The van der Waals surface area contributed by atoms with E-state index in [2.05, 4.69) is 20.4 Å². The lowest BCUT2D eigenvalue weighted by Crippen LogP contribution is -2.10. The van der Waals surface area contributed by atoms with Crippen LogP contribution in [0.3, 0.4) is 0 Å². The van der Waals surface area contributed by atoms with Gasteiger partial charge in [0, 0.05) is 5.57 Å². The van der Waals surface area contributed by atoms with Gasteiger partial charge >= 0.3 is 5.97 Å². The summed E-state index contributed by atoms with van der Waals surface area (Å²) >= 11 is 0. The van der Waals surface area contributed by atoms with Gasteiger partial charge in [-0.05, 0) is 43.4 Å². The summed E-state index contributed by atoms with van der Waals surface area (Å²) in [5, 5.41) is 0. The summed E-state index contributed by atoms with van der Waals surface area (Å²) in [6.45, 7) is 10.1. The molecule has 2 heteroatoms. The van der Waals surface area contributed by atoms with Crippen LogP contribution in [0, 0.1) is 12.8 Å². The van der Waals surface area contributed by atoms with E-state index in [1.54, 1.807) is 6.07 Å². The standard InChI is InChI=1S/C16H22O2/c1-12(2)7-5-9-14(4)16(17)18-15-10-6-8-13(3)11-15/h6,8,10-12H,4-5,7,9H2,1-3H3. The molecule has 0 aliphatic rings. The minimum atomic E-state index is -0.315. The second kappa shape index (κ2) is 7.00. The number of aryl methyl sites for hydroxylation is 1. The fraction of sp³-hybridized carbons (Fsp3) is 0.438. The van der Waals surface area contributed by atoms with E-state index >= 15 is 0 Å². The first kappa shape index (κ1) is 14.5. The zero-order valence-corrected chi connectivity index (χ0v) is 11.5. The van der Waals surface area contributed by atoms with E-state index in [9.17, 15) is 4.79 Å². The van der Waals surface area contributed by atoms with Gasteiger partial charge in [-0.15, -0.1) is 0 Å². The Labute approximate surface area is 110 Å². The van der Waals surface area contributed by atoms with Crippen molar-refractivity contribution < 1.29 is 9.53 Å². The van der Waals surface area contributed by atoms with Crippen molar-refractivity contribution in [1.29, 1.82) is 0 Å². The van der Waals surface area contributed by atoms with Gasteiger partial charge in [-0.25, -0.2) is 4.79 Å². The van der Waals surface area contributed by atoms with Crippen molar-refractivity contribution in [2.75, 3.05) is 0 Å². The Balaban J connectivity index is 2.43. The molecule has 0 N–H and O–H groups in total. The van der Waals surface area contributed by atoms with Crippen molar-refractivity contribution in [2.24, 2.45) is 5.92 Å². The molecule has 0 aromatic heterocycles. The molecule has 1 aromatic rings. The number of carbonyl (C=O) groups is 1. The minimum absolute atomic E-state index is 0.315. The van der Waals surface area contributed by atoms with Gasteiger partial charge in [0.2, 0.25) is 0 Å². The number of benzene rings is 1. The molecule has 1 aromatic carbocycles. The lowest BCUT2D eigenvalue weighted by atomic mass is 10.0. The average molecular weight is 246 g/mol. The first-order chi connectivity index (χ1) is 8.49. The van der Waals surface area contributed by atoms with Crippen molar-refractivity contribution >= 4 is 5.97 Å². The second-order valence-corrected chi connectivity index (χ2v) is 5.10. The van der Waals surface area contributed by atoms with Gasteiger partial charge in [0.1, 0.15) is 5.75 Å². The molecule has 0 bridgehead atoms. The quantitative estimate of drug-likeness (QED) is 0.425. The van der Waals surface area contributed by atoms with Crippen molar-refractivity contribution in [3.8, 4) is 5.75 Å². The number of carbonyl (C=O) groups excluding carboxylic acids is 1. The topological polar surface area (TPSA) is 26.3 Å². The van der Waals surface area contributed by atoms with Crippen LogP contribution in [0.2, 0.25) is 0 Å². The summed E-state index contributed by atoms with van der Waals surface area (Å²) in [7, 11) is 0. The van der Waals surface area contributed by atoms with Crippen LogP contribution in [0.4, 0.5) is 0 Å². The molecule has 0 saturated carbocycles. The van der Waals surface area contributed by atoms with Gasteiger partial charge in [-0.3, -0.25) is 0 Å². The number of hydrogen-bond donors (Lipinski definition) is 0. The highest BCUT2D eigenvalue weighted by atomic mass is 16.5. The van der Waals surface area contributed by atoms with Gasteiger partial charge in [-0.1, -0.05) is 39.0 Å². The molecule has 0 saturated heterocycles. The number of rotatable bonds is 6. The number of ether oxygens (including phenoxy) is 1. The van der Waals surface area contributed by atoms with Crippen molar-refractivity contribution in [2.45, 2.75) is 40.0 Å². The Morgan fingerprint density at radius 2 is 2.11 bits per heavy atom. The van der Waals surface area contributed by atoms with Crippen LogP contribution >= 0.6 is 0 Å². The second-order valence-electron chi connectivity index (χ2n) is 5.10. The van der Waals surface area contributed by atoms with Crippen LogP contribution < -0.4 is 4.74 Å². The normalized spacial score (nSPS) is 10.4. The Kier molecular flexibility index (Phi) is 5.63. The summed E-state index contributed by atoms with van der Waals surface area (Å²) in [6.07, 6.45) is 2.80. The predicted octanol–water partition coefficient (Wildman–Crippen LogP) is 4.28. The average Bonchev–Trinajstić information content (AvgIpc) is 2.28. The molecule has 98 valence electrons. The maximum atomic E-state index is 11.8. The molecule has 0 aliphatic carbocycles. The molecule has 2 nitrogen and oxygen atoms in total. The fourth-order valence-electron chi connectivity index (χ4n) is 1.68.